The molecule has 0 aliphatic heterocycles. The van der Waals surface area contributed by atoms with Crippen LogP contribution in [0, 0.1) is 0 Å². The summed E-state index contributed by atoms with van der Waals surface area (Å²) in [6, 6.07) is 23.9. The van der Waals surface area contributed by atoms with Crippen LogP contribution in [-0.2, 0) is 12.8 Å². The molecule has 0 amide bonds. The molecule has 3 aromatic carbocycles. The molecule has 0 fully saturated rings. The molecule has 0 aromatic heterocycles. The molecule has 0 aliphatic carbocycles. The molecule has 0 saturated heterocycles. The Bertz CT molecular complexity index is 913. The van der Waals surface area contributed by atoms with E-state index < -0.39 is 0 Å². The Hall–Kier alpha value is -2.82. The molecule has 0 aliphatic rings. The van der Waals surface area contributed by atoms with E-state index in [1.807, 2.05) is 36.4 Å². The summed E-state index contributed by atoms with van der Waals surface area (Å²) < 4.78 is 0. The first-order valence-corrected chi connectivity index (χ1v) is 11.8. The Balaban J connectivity index is 1.26. The first-order chi connectivity index (χ1) is 15.8. The third kappa shape index (κ3) is 7.70. The molecular formula is C28H36N2O2. The van der Waals surface area contributed by atoms with Crippen molar-refractivity contribution in [3.8, 4) is 22.6 Å². The van der Waals surface area contributed by atoms with Crippen LogP contribution in [0.2, 0.25) is 0 Å². The number of aromatic hydroxyl groups is 2. The van der Waals surface area contributed by atoms with E-state index in [-0.39, 0.29) is 11.5 Å². The molecular weight excluding hydrogens is 396 g/mol. The van der Waals surface area contributed by atoms with Gasteiger partial charge in [0.25, 0.3) is 0 Å². The first kappa shape index (κ1) is 23.8. The predicted octanol–water partition coefficient (Wildman–Crippen LogP) is 5.29. The summed E-state index contributed by atoms with van der Waals surface area (Å²) in [5, 5.41) is 27.4. The summed E-state index contributed by atoms with van der Waals surface area (Å²) in [4.78, 5) is 0. The monoisotopic (exact) mass is 432 g/mol. The van der Waals surface area contributed by atoms with Crippen molar-refractivity contribution in [2.45, 2.75) is 38.5 Å². The van der Waals surface area contributed by atoms with Gasteiger partial charge in [0.1, 0.15) is 0 Å². The van der Waals surface area contributed by atoms with Crippen molar-refractivity contribution in [1.82, 2.24) is 10.6 Å². The minimum absolute atomic E-state index is 0.0360. The topological polar surface area (TPSA) is 64.5 Å². The second-order valence-electron chi connectivity index (χ2n) is 8.23. The van der Waals surface area contributed by atoms with Gasteiger partial charge in [0.15, 0.2) is 11.5 Å². The third-order valence-electron chi connectivity index (χ3n) is 5.77. The summed E-state index contributed by atoms with van der Waals surface area (Å²) in [5.41, 5.74) is 4.09. The standard InChI is InChI=1S/C28H36N2O2/c31-26-16-15-25(27(28(26)32)24-13-7-4-8-14-24)18-22-30-20-10-2-1-9-19-29-21-17-23-11-5-3-6-12-23/h3-8,11-16,29-32H,1-2,9-10,17-22H2. The zero-order chi connectivity index (χ0) is 22.4. The van der Waals surface area contributed by atoms with Crippen LogP contribution in [0.3, 0.4) is 0 Å². The zero-order valence-corrected chi connectivity index (χ0v) is 18.9. The van der Waals surface area contributed by atoms with Gasteiger partial charge < -0.3 is 20.8 Å². The van der Waals surface area contributed by atoms with Gasteiger partial charge in [-0.1, -0.05) is 79.6 Å². The molecule has 0 spiro atoms. The Morgan fingerprint density at radius 3 is 1.81 bits per heavy atom. The first-order valence-electron chi connectivity index (χ1n) is 11.8. The van der Waals surface area contributed by atoms with E-state index in [9.17, 15) is 10.2 Å². The molecule has 3 rings (SSSR count). The number of benzene rings is 3. The Morgan fingerprint density at radius 2 is 1.16 bits per heavy atom. The van der Waals surface area contributed by atoms with Gasteiger partial charge in [-0.15, -0.1) is 0 Å². The van der Waals surface area contributed by atoms with Crippen molar-refractivity contribution < 1.29 is 10.2 Å². The van der Waals surface area contributed by atoms with Crippen LogP contribution >= 0.6 is 0 Å². The lowest BCUT2D eigenvalue weighted by atomic mass is 9.96. The Morgan fingerprint density at radius 1 is 0.562 bits per heavy atom. The molecule has 4 nitrogen and oxygen atoms in total. The SMILES string of the molecule is Oc1ccc(CCNCCCCCCNCCc2ccccc2)c(-c2ccccc2)c1O. The van der Waals surface area contributed by atoms with Crippen molar-refractivity contribution in [2.24, 2.45) is 0 Å². The van der Waals surface area contributed by atoms with Gasteiger partial charge in [-0.2, -0.15) is 0 Å². The summed E-state index contributed by atoms with van der Waals surface area (Å²) in [6.45, 7) is 3.99. The van der Waals surface area contributed by atoms with Crippen LogP contribution in [0.25, 0.3) is 11.1 Å². The molecule has 0 atom stereocenters. The fraction of sp³-hybridized carbons (Fsp3) is 0.357. The van der Waals surface area contributed by atoms with E-state index in [1.54, 1.807) is 6.07 Å². The lowest BCUT2D eigenvalue weighted by molar-refractivity contribution is 0.404. The summed E-state index contributed by atoms with van der Waals surface area (Å²) in [7, 11) is 0. The smallest absolute Gasteiger partial charge is 0.165 e. The molecule has 4 N–H and O–H groups in total. The Kier molecular flexibility index (Phi) is 10.1. The van der Waals surface area contributed by atoms with E-state index in [2.05, 4.69) is 41.0 Å². The molecule has 0 radical (unpaired) electrons. The fourth-order valence-electron chi connectivity index (χ4n) is 3.96. The van der Waals surface area contributed by atoms with Crippen molar-refractivity contribution in [3.05, 3.63) is 83.9 Å². The highest BCUT2D eigenvalue weighted by molar-refractivity contribution is 5.76. The number of hydrogen-bond acceptors (Lipinski definition) is 4. The highest BCUT2D eigenvalue weighted by Crippen LogP contribution is 2.39. The normalized spacial score (nSPS) is 11.0. The number of hydrogen-bond donors (Lipinski definition) is 4. The van der Waals surface area contributed by atoms with Crippen LogP contribution in [0.15, 0.2) is 72.8 Å². The van der Waals surface area contributed by atoms with Gasteiger partial charge in [-0.25, -0.2) is 0 Å². The zero-order valence-electron chi connectivity index (χ0n) is 18.9. The van der Waals surface area contributed by atoms with Crippen LogP contribution in [-0.4, -0.2) is 36.4 Å². The summed E-state index contributed by atoms with van der Waals surface area (Å²) in [6.07, 6.45) is 6.80. The lowest BCUT2D eigenvalue weighted by Crippen LogP contribution is -2.19. The molecule has 0 bridgehead atoms. The van der Waals surface area contributed by atoms with E-state index in [1.165, 1.54) is 31.2 Å². The van der Waals surface area contributed by atoms with Crippen LogP contribution < -0.4 is 10.6 Å². The second kappa shape index (κ2) is 13.6. The second-order valence-corrected chi connectivity index (χ2v) is 8.23. The molecule has 32 heavy (non-hydrogen) atoms. The van der Waals surface area contributed by atoms with Gasteiger partial charge in [0.2, 0.25) is 0 Å². The van der Waals surface area contributed by atoms with Crippen LogP contribution in [0.1, 0.15) is 36.8 Å². The average molecular weight is 433 g/mol. The highest BCUT2D eigenvalue weighted by Gasteiger charge is 2.13. The molecule has 170 valence electrons. The predicted molar refractivity (Wildman–Crippen MR) is 133 cm³/mol. The van der Waals surface area contributed by atoms with E-state index in [0.717, 1.165) is 55.7 Å². The largest absolute Gasteiger partial charge is 0.504 e. The van der Waals surface area contributed by atoms with E-state index in [4.69, 9.17) is 0 Å². The lowest BCUT2D eigenvalue weighted by Gasteiger charge is -2.13. The van der Waals surface area contributed by atoms with Gasteiger partial charge >= 0.3 is 0 Å². The number of phenolic OH excluding ortho intramolecular Hbond substituents is 2. The maximum atomic E-state index is 10.4. The van der Waals surface area contributed by atoms with E-state index >= 15 is 0 Å². The van der Waals surface area contributed by atoms with Gasteiger partial charge in [0.05, 0.1) is 0 Å². The minimum atomic E-state index is -0.0740. The third-order valence-corrected chi connectivity index (χ3v) is 5.77. The maximum absolute atomic E-state index is 10.4. The molecule has 3 aromatic rings. The quantitative estimate of drug-likeness (QED) is 0.206. The van der Waals surface area contributed by atoms with Crippen molar-refractivity contribution >= 4 is 0 Å². The maximum Gasteiger partial charge on any atom is 0.165 e. The van der Waals surface area contributed by atoms with Crippen molar-refractivity contribution in [1.29, 1.82) is 0 Å². The molecule has 4 heteroatoms. The summed E-state index contributed by atoms with van der Waals surface area (Å²) in [5.74, 6) is -0.110. The van der Waals surface area contributed by atoms with Crippen molar-refractivity contribution in [2.75, 3.05) is 26.2 Å². The molecule has 0 unspecified atom stereocenters. The van der Waals surface area contributed by atoms with Crippen molar-refractivity contribution in [3.63, 3.8) is 0 Å². The van der Waals surface area contributed by atoms with Gasteiger partial charge in [-0.05, 0) is 74.6 Å². The molecule has 0 heterocycles. The average Bonchev–Trinajstić information content (AvgIpc) is 2.83. The van der Waals surface area contributed by atoms with Crippen LogP contribution in [0.5, 0.6) is 11.5 Å². The van der Waals surface area contributed by atoms with Gasteiger partial charge in [-0.3, -0.25) is 0 Å². The number of unbranched alkanes of at least 4 members (excludes halogenated alkanes) is 3. The molecule has 0 saturated carbocycles. The number of nitrogens with one attached hydrogen (secondary N) is 2. The van der Waals surface area contributed by atoms with Crippen LogP contribution in [0.4, 0.5) is 0 Å². The summed E-state index contributed by atoms with van der Waals surface area (Å²) >= 11 is 0. The fourth-order valence-corrected chi connectivity index (χ4v) is 3.96. The minimum Gasteiger partial charge on any atom is -0.504 e. The number of rotatable bonds is 14. The number of phenols is 2. The van der Waals surface area contributed by atoms with Gasteiger partial charge in [0, 0.05) is 5.56 Å². The Labute approximate surface area is 192 Å². The highest BCUT2D eigenvalue weighted by atomic mass is 16.3. The van der Waals surface area contributed by atoms with E-state index in [0.29, 0.717) is 0 Å².